The third-order valence-corrected chi connectivity index (χ3v) is 4.94. The minimum Gasteiger partial charge on any atom is -0.306 e. The van der Waals surface area contributed by atoms with Crippen LogP contribution in [0.2, 0.25) is 0 Å². The molecule has 20 heavy (non-hydrogen) atoms. The second-order valence-electron chi connectivity index (χ2n) is 4.73. The first-order valence-corrected chi connectivity index (χ1v) is 8.42. The molecule has 0 bridgehead atoms. The summed E-state index contributed by atoms with van der Waals surface area (Å²) in [6.45, 7) is 3.10. The number of nitrogens with one attached hydrogen (secondary N) is 1. The molecule has 0 saturated carbocycles. The van der Waals surface area contributed by atoms with E-state index in [1.54, 1.807) is 0 Å². The molecule has 0 aliphatic heterocycles. The van der Waals surface area contributed by atoms with Crippen molar-refractivity contribution >= 4 is 37.4 Å². The monoisotopic (exact) mass is 345 g/mol. The van der Waals surface area contributed by atoms with Gasteiger partial charge in [0.1, 0.15) is 0 Å². The zero-order valence-electron chi connectivity index (χ0n) is 11.3. The maximum atomic E-state index is 3.61. The summed E-state index contributed by atoms with van der Waals surface area (Å²) in [7, 11) is 0. The van der Waals surface area contributed by atoms with Crippen molar-refractivity contribution in [1.82, 2.24) is 5.32 Å². The zero-order chi connectivity index (χ0) is 13.9. The Morgan fingerprint density at radius 3 is 2.65 bits per heavy atom. The van der Waals surface area contributed by atoms with Crippen molar-refractivity contribution in [3.05, 3.63) is 69.5 Å². The maximum Gasteiger partial charge on any atom is 0.0590 e. The Hall–Kier alpha value is -1.16. The van der Waals surface area contributed by atoms with Crippen LogP contribution in [0.1, 0.15) is 24.1 Å². The largest absolute Gasteiger partial charge is 0.306 e. The number of rotatable bonds is 4. The highest BCUT2D eigenvalue weighted by molar-refractivity contribution is 9.10. The van der Waals surface area contributed by atoms with Crippen LogP contribution in [-0.2, 0) is 0 Å². The van der Waals surface area contributed by atoms with Gasteiger partial charge in [-0.3, -0.25) is 0 Å². The molecule has 1 heterocycles. The highest BCUT2D eigenvalue weighted by atomic mass is 79.9. The van der Waals surface area contributed by atoms with Crippen molar-refractivity contribution in [3.63, 3.8) is 0 Å². The van der Waals surface area contributed by atoms with Gasteiger partial charge < -0.3 is 5.32 Å². The summed E-state index contributed by atoms with van der Waals surface area (Å²) >= 11 is 5.32. The van der Waals surface area contributed by atoms with E-state index in [1.807, 2.05) is 11.3 Å². The van der Waals surface area contributed by atoms with Crippen molar-refractivity contribution in [1.29, 1.82) is 0 Å². The molecule has 0 fully saturated rings. The second-order valence-corrected chi connectivity index (χ2v) is 6.56. The predicted molar refractivity (Wildman–Crippen MR) is 91.5 cm³/mol. The first-order chi connectivity index (χ1) is 9.79. The standard InChI is InChI=1S/C17H16BrNS/c1-2-19-16(12-6-8-14(18)9-7-12)15-5-3-4-13-10-11-20-17(13)15/h3-11,16,19H,2H2,1H3. The minimum atomic E-state index is 0.246. The van der Waals surface area contributed by atoms with E-state index in [-0.39, 0.29) is 6.04 Å². The van der Waals surface area contributed by atoms with Crippen LogP contribution < -0.4 is 5.32 Å². The molecule has 0 spiro atoms. The van der Waals surface area contributed by atoms with Gasteiger partial charge in [-0.2, -0.15) is 0 Å². The molecule has 1 nitrogen and oxygen atoms in total. The van der Waals surface area contributed by atoms with E-state index in [2.05, 4.69) is 82.1 Å². The van der Waals surface area contributed by atoms with Crippen LogP contribution in [0.3, 0.4) is 0 Å². The van der Waals surface area contributed by atoms with Gasteiger partial charge in [0, 0.05) is 9.17 Å². The number of hydrogen-bond donors (Lipinski definition) is 1. The molecular weight excluding hydrogens is 330 g/mol. The maximum absolute atomic E-state index is 3.61. The van der Waals surface area contributed by atoms with E-state index >= 15 is 0 Å². The minimum absolute atomic E-state index is 0.246. The Bertz CT molecular complexity index is 702. The lowest BCUT2D eigenvalue weighted by atomic mass is 9.98. The molecule has 1 unspecified atom stereocenters. The smallest absolute Gasteiger partial charge is 0.0590 e. The van der Waals surface area contributed by atoms with Gasteiger partial charge in [-0.25, -0.2) is 0 Å². The van der Waals surface area contributed by atoms with Gasteiger partial charge in [0.2, 0.25) is 0 Å². The highest BCUT2D eigenvalue weighted by Crippen LogP contribution is 2.32. The second kappa shape index (κ2) is 6.08. The fourth-order valence-electron chi connectivity index (χ4n) is 2.51. The number of fused-ring (bicyclic) bond motifs is 1. The molecule has 0 amide bonds. The lowest BCUT2D eigenvalue weighted by Crippen LogP contribution is -2.22. The quantitative estimate of drug-likeness (QED) is 0.670. The topological polar surface area (TPSA) is 12.0 Å². The summed E-state index contributed by atoms with van der Waals surface area (Å²) < 4.78 is 2.49. The molecule has 0 radical (unpaired) electrons. The van der Waals surface area contributed by atoms with Gasteiger partial charge in [0.15, 0.2) is 0 Å². The van der Waals surface area contributed by atoms with E-state index in [0.717, 1.165) is 11.0 Å². The molecule has 1 atom stereocenters. The van der Waals surface area contributed by atoms with Crippen molar-refractivity contribution in [2.45, 2.75) is 13.0 Å². The highest BCUT2D eigenvalue weighted by Gasteiger charge is 2.16. The summed E-state index contributed by atoms with van der Waals surface area (Å²) in [5.41, 5.74) is 2.66. The molecule has 3 heteroatoms. The van der Waals surface area contributed by atoms with Crippen LogP contribution in [0.4, 0.5) is 0 Å². The van der Waals surface area contributed by atoms with Gasteiger partial charge in [-0.05, 0) is 46.6 Å². The fourth-order valence-corrected chi connectivity index (χ4v) is 3.72. The van der Waals surface area contributed by atoms with Gasteiger partial charge >= 0.3 is 0 Å². The molecule has 1 N–H and O–H groups in total. The van der Waals surface area contributed by atoms with Crippen LogP contribution in [0, 0.1) is 0 Å². The Morgan fingerprint density at radius 1 is 1.10 bits per heavy atom. The van der Waals surface area contributed by atoms with Crippen LogP contribution >= 0.6 is 27.3 Å². The summed E-state index contributed by atoms with van der Waals surface area (Å²) in [6, 6.07) is 17.6. The summed E-state index contributed by atoms with van der Waals surface area (Å²) in [5.74, 6) is 0. The van der Waals surface area contributed by atoms with Gasteiger partial charge in [0.25, 0.3) is 0 Å². The zero-order valence-corrected chi connectivity index (χ0v) is 13.7. The molecular formula is C17H16BrNS. The van der Waals surface area contributed by atoms with Gasteiger partial charge in [-0.15, -0.1) is 11.3 Å². The van der Waals surface area contributed by atoms with Crippen molar-refractivity contribution in [2.24, 2.45) is 0 Å². The van der Waals surface area contributed by atoms with Crippen LogP contribution in [0.5, 0.6) is 0 Å². The number of thiophene rings is 1. The fraction of sp³-hybridized carbons (Fsp3) is 0.176. The first-order valence-electron chi connectivity index (χ1n) is 6.74. The van der Waals surface area contributed by atoms with Gasteiger partial charge in [0.05, 0.1) is 6.04 Å². The van der Waals surface area contributed by atoms with Crippen LogP contribution in [0.15, 0.2) is 58.4 Å². The lowest BCUT2D eigenvalue weighted by Gasteiger charge is -2.20. The normalized spacial score (nSPS) is 12.7. The summed E-state index contributed by atoms with van der Waals surface area (Å²) in [5, 5.41) is 7.10. The van der Waals surface area contributed by atoms with Crippen molar-refractivity contribution in [3.8, 4) is 0 Å². The average Bonchev–Trinajstić information content (AvgIpc) is 2.94. The third kappa shape index (κ3) is 2.66. The van der Waals surface area contributed by atoms with E-state index in [1.165, 1.54) is 21.2 Å². The summed E-state index contributed by atoms with van der Waals surface area (Å²) in [4.78, 5) is 0. The van der Waals surface area contributed by atoms with E-state index in [9.17, 15) is 0 Å². The average molecular weight is 346 g/mol. The number of benzene rings is 2. The van der Waals surface area contributed by atoms with E-state index in [4.69, 9.17) is 0 Å². The molecule has 0 aliphatic carbocycles. The van der Waals surface area contributed by atoms with Gasteiger partial charge in [-0.1, -0.05) is 53.2 Å². The molecule has 3 aromatic rings. The van der Waals surface area contributed by atoms with Crippen LogP contribution in [-0.4, -0.2) is 6.54 Å². The number of hydrogen-bond acceptors (Lipinski definition) is 2. The van der Waals surface area contributed by atoms with Crippen molar-refractivity contribution in [2.75, 3.05) is 6.54 Å². The molecule has 2 aromatic carbocycles. The number of halogens is 1. The molecule has 102 valence electrons. The molecule has 0 aliphatic rings. The molecule has 0 saturated heterocycles. The predicted octanol–water partition coefficient (Wildman–Crippen LogP) is 5.36. The molecule has 1 aromatic heterocycles. The summed E-state index contributed by atoms with van der Waals surface area (Å²) in [6.07, 6.45) is 0. The SMILES string of the molecule is CCNC(c1ccc(Br)cc1)c1cccc2ccsc12. The molecule has 3 rings (SSSR count). The third-order valence-electron chi connectivity index (χ3n) is 3.43. The Morgan fingerprint density at radius 2 is 1.90 bits per heavy atom. The first kappa shape index (κ1) is 13.8. The van der Waals surface area contributed by atoms with Crippen molar-refractivity contribution < 1.29 is 0 Å². The van der Waals surface area contributed by atoms with E-state index in [0.29, 0.717) is 0 Å². The van der Waals surface area contributed by atoms with E-state index < -0.39 is 0 Å². The Balaban J connectivity index is 2.10. The van der Waals surface area contributed by atoms with Crippen LogP contribution in [0.25, 0.3) is 10.1 Å². The lowest BCUT2D eigenvalue weighted by molar-refractivity contribution is 0.635. The Kier molecular flexibility index (Phi) is 4.20. The Labute approximate surface area is 131 Å².